The molecule has 0 aromatic heterocycles. The first-order valence-electron chi connectivity index (χ1n) is 7.92. The van der Waals surface area contributed by atoms with E-state index >= 15 is 0 Å². The molecule has 0 atom stereocenters. The van der Waals surface area contributed by atoms with Crippen molar-refractivity contribution in [3.63, 3.8) is 0 Å². The van der Waals surface area contributed by atoms with Crippen molar-refractivity contribution in [2.45, 2.75) is 20.8 Å². The van der Waals surface area contributed by atoms with Crippen molar-refractivity contribution >= 4 is 22.8 Å². The fraction of sp³-hybridized carbons (Fsp3) is 0.143. The van der Waals surface area contributed by atoms with Gasteiger partial charge in [-0.25, -0.2) is 0 Å². The summed E-state index contributed by atoms with van der Waals surface area (Å²) in [6.45, 7) is 5.54. The Hall–Kier alpha value is -2.94. The Balaban J connectivity index is 0.00000100. The van der Waals surface area contributed by atoms with Gasteiger partial charge in [-0.15, -0.1) is 0 Å². The molecule has 3 rings (SSSR count). The van der Waals surface area contributed by atoms with Gasteiger partial charge in [0, 0.05) is 5.56 Å². The number of rotatable bonds is 3. The van der Waals surface area contributed by atoms with Crippen molar-refractivity contribution in [1.29, 1.82) is 0 Å². The van der Waals surface area contributed by atoms with E-state index in [0.717, 1.165) is 16.5 Å². The van der Waals surface area contributed by atoms with Gasteiger partial charge in [-0.2, -0.15) is 0 Å². The molecule has 0 aliphatic heterocycles. The van der Waals surface area contributed by atoms with Gasteiger partial charge in [0.2, 0.25) is 0 Å². The molecular weight excluding hydrogens is 300 g/mol. The fourth-order valence-electron chi connectivity index (χ4n) is 2.56. The van der Waals surface area contributed by atoms with E-state index in [9.17, 15) is 14.7 Å². The molecule has 0 amide bonds. The predicted molar refractivity (Wildman–Crippen MR) is 97.8 cm³/mol. The molecule has 3 aromatic rings. The van der Waals surface area contributed by atoms with E-state index in [1.807, 2.05) is 50.2 Å². The number of hydrogen-bond donors (Lipinski definition) is 1. The SMILES string of the molecule is CC.CC(=O)c1cccc(-c2ccc3c(C=O)c(O)ccc3c2)c1. The fourth-order valence-corrected chi connectivity index (χ4v) is 2.56. The van der Waals surface area contributed by atoms with Gasteiger partial charge in [-0.1, -0.05) is 50.2 Å². The molecule has 3 aromatic carbocycles. The number of hydrogen-bond acceptors (Lipinski definition) is 3. The summed E-state index contributed by atoms with van der Waals surface area (Å²) in [7, 11) is 0. The summed E-state index contributed by atoms with van der Waals surface area (Å²) in [5.74, 6) is 0.00429. The number of phenolic OH excluding ortho intramolecular Hbond substituents is 1. The van der Waals surface area contributed by atoms with Crippen LogP contribution in [0.5, 0.6) is 5.75 Å². The molecule has 0 radical (unpaired) electrons. The summed E-state index contributed by atoms with van der Waals surface area (Å²) in [5.41, 5.74) is 2.85. The highest BCUT2D eigenvalue weighted by Crippen LogP contribution is 2.30. The Morgan fingerprint density at radius 2 is 1.67 bits per heavy atom. The van der Waals surface area contributed by atoms with Gasteiger partial charge >= 0.3 is 0 Å². The lowest BCUT2D eigenvalue weighted by atomic mass is 9.97. The third-order valence-corrected chi connectivity index (χ3v) is 3.76. The van der Waals surface area contributed by atoms with Gasteiger partial charge in [0.1, 0.15) is 5.75 Å². The molecule has 0 fully saturated rings. The van der Waals surface area contributed by atoms with Crippen LogP contribution in [0, 0.1) is 0 Å². The maximum Gasteiger partial charge on any atom is 0.159 e. The molecule has 0 saturated carbocycles. The van der Waals surface area contributed by atoms with Crippen LogP contribution in [0.25, 0.3) is 21.9 Å². The van der Waals surface area contributed by atoms with Gasteiger partial charge in [-0.3, -0.25) is 9.59 Å². The van der Waals surface area contributed by atoms with E-state index in [0.29, 0.717) is 22.8 Å². The smallest absolute Gasteiger partial charge is 0.159 e. The van der Waals surface area contributed by atoms with Crippen LogP contribution in [0.3, 0.4) is 0 Å². The van der Waals surface area contributed by atoms with Gasteiger partial charge in [-0.05, 0) is 47.0 Å². The van der Waals surface area contributed by atoms with Crippen molar-refractivity contribution < 1.29 is 14.7 Å². The summed E-state index contributed by atoms with van der Waals surface area (Å²) >= 11 is 0. The molecule has 0 bridgehead atoms. The molecule has 3 nitrogen and oxygen atoms in total. The highest BCUT2D eigenvalue weighted by Gasteiger charge is 2.08. The van der Waals surface area contributed by atoms with Crippen LogP contribution in [-0.2, 0) is 0 Å². The van der Waals surface area contributed by atoms with Crippen LogP contribution in [0.4, 0.5) is 0 Å². The summed E-state index contributed by atoms with van der Waals surface area (Å²) in [6, 6.07) is 16.4. The van der Waals surface area contributed by atoms with Crippen LogP contribution >= 0.6 is 0 Å². The topological polar surface area (TPSA) is 54.4 Å². The number of aldehydes is 1. The van der Waals surface area contributed by atoms with Crippen molar-refractivity contribution in [3.8, 4) is 16.9 Å². The van der Waals surface area contributed by atoms with Crippen molar-refractivity contribution in [2.24, 2.45) is 0 Å². The molecule has 0 aliphatic carbocycles. The number of ketones is 1. The van der Waals surface area contributed by atoms with Gasteiger partial charge in [0.05, 0.1) is 5.56 Å². The lowest BCUT2D eigenvalue weighted by Gasteiger charge is -2.08. The van der Waals surface area contributed by atoms with Crippen LogP contribution in [0.2, 0.25) is 0 Å². The van der Waals surface area contributed by atoms with E-state index in [2.05, 4.69) is 0 Å². The minimum Gasteiger partial charge on any atom is -0.507 e. The number of fused-ring (bicyclic) bond motifs is 1. The Morgan fingerprint density at radius 3 is 2.33 bits per heavy atom. The first kappa shape index (κ1) is 17.4. The standard InChI is InChI=1S/C19H14O3.C2H6/c1-12(21)13-3-2-4-14(9-13)15-5-7-17-16(10-15)6-8-19(22)18(17)11-20;1-2/h2-11,22H,1H3;1-2H3. The highest BCUT2D eigenvalue weighted by atomic mass is 16.3. The summed E-state index contributed by atoms with van der Waals surface area (Å²) < 4.78 is 0. The zero-order valence-electron chi connectivity index (χ0n) is 14.0. The lowest BCUT2D eigenvalue weighted by molar-refractivity contribution is 0.101. The molecule has 1 N–H and O–H groups in total. The maximum atomic E-state index is 11.5. The molecular formula is C21H20O3. The van der Waals surface area contributed by atoms with Gasteiger partial charge in [0.15, 0.2) is 12.1 Å². The third kappa shape index (κ3) is 3.35. The van der Waals surface area contributed by atoms with Crippen molar-refractivity contribution in [1.82, 2.24) is 0 Å². The van der Waals surface area contributed by atoms with E-state index in [1.54, 1.807) is 19.1 Å². The van der Waals surface area contributed by atoms with Crippen LogP contribution in [0.15, 0.2) is 54.6 Å². The number of Topliss-reactive ketones (excluding diaryl/α,β-unsaturated/α-hetero) is 1. The summed E-state index contributed by atoms with van der Waals surface area (Å²) in [6.07, 6.45) is 0.660. The zero-order chi connectivity index (χ0) is 17.7. The molecule has 3 heteroatoms. The minimum atomic E-state index is -0.0196. The Morgan fingerprint density at radius 1 is 0.958 bits per heavy atom. The first-order chi connectivity index (χ1) is 11.6. The quantitative estimate of drug-likeness (QED) is 0.529. The molecule has 0 aliphatic rings. The normalized spacial score (nSPS) is 9.96. The molecule has 0 saturated heterocycles. The second-order valence-electron chi connectivity index (χ2n) is 5.19. The van der Waals surface area contributed by atoms with Gasteiger partial charge < -0.3 is 5.11 Å². The lowest BCUT2D eigenvalue weighted by Crippen LogP contribution is -1.92. The second-order valence-corrected chi connectivity index (χ2v) is 5.19. The zero-order valence-corrected chi connectivity index (χ0v) is 14.0. The third-order valence-electron chi connectivity index (χ3n) is 3.76. The number of carbonyl (C=O) groups is 2. The van der Waals surface area contributed by atoms with Crippen molar-refractivity contribution in [3.05, 3.63) is 65.7 Å². The Kier molecular flexibility index (Phi) is 5.48. The van der Waals surface area contributed by atoms with Crippen molar-refractivity contribution in [2.75, 3.05) is 0 Å². The molecule has 0 unspecified atom stereocenters. The number of phenols is 1. The molecule has 24 heavy (non-hydrogen) atoms. The van der Waals surface area contributed by atoms with E-state index < -0.39 is 0 Å². The first-order valence-corrected chi connectivity index (χ1v) is 7.92. The van der Waals surface area contributed by atoms with Crippen LogP contribution in [0.1, 0.15) is 41.5 Å². The number of aromatic hydroxyl groups is 1. The average Bonchev–Trinajstić information content (AvgIpc) is 2.63. The Labute approximate surface area is 141 Å². The summed E-state index contributed by atoms with van der Waals surface area (Å²) in [5, 5.41) is 11.3. The molecule has 0 heterocycles. The van der Waals surface area contributed by atoms with E-state index in [4.69, 9.17) is 0 Å². The largest absolute Gasteiger partial charge is 0.507 e. The van der Waals surface area contributed by atoms with E-state index in [1.165, 1.54) is 6.07 Å². The maximum absolute atomic E-state index is 11.5. The highest BCUT2D eigenvalue weighted by molar-refractivity contribution is 6.02. The molecule has 0 spiro atoms. The van der Waals surface area contributed by atoms with Crippen LogP contribution < -0.4 is 0 Å². The van der Waals surface area contributed by atoms with Crippen LogP contribution in [-0.4, -0.2) is 17.2 Å². The monoisotopic (exact) mass is 320 g/mol. The summed E-state index contributed by atoms with van der Waals surface area (Å²) in [4.78, 5) is 22.6. The number of carbonyl (C=O) groups excluding carboxylic acids is 2. The van der Waals surface area contributed by atoms with E-state index in [-0.39, 0.29) is 11.5 Å². The Bertz CT molecular complexity index is 895. The number of benzene rings is 3. The predicted octanol–water partition coefficient (Wildman–Crippen LogP) is 5.25. The molecule has 122 valence electrons. The average molecular weight is 320 g/mol. The second kappa shape index (κ2) is 7.55. The van der Waals surface area contributed by atoms with Gasteiger partial charge in [0.25, 0.3) is 0 Å². The minimum absolute atomic E-state index is 0.0196.